The second-order valence-electron chi connectivity index (χ2n) is 4.27. The summed E-state index contributed by atoms with van der Waals surface area (Å²) in [4.78, 5) is 12.5. The fourth-order valence-electron chi connectivity index (χ4n) is 1.72. The molecule has 1 aromatic heterocycles. The van der Waals surface area contributed by atoms with Crippen LogP contribution in [0.25, 0.3) is 11.4 Å². The van der Waals surface area contributed by atoms with Gasteiger partial charge < -0.3 is 5.73 Å². The number of benzene rings is 1. The van der Waals surface area contributed by atoms with Gasteiger partial charge in [-0.1, -0.05) is 11.6 Å². The molecule has 1 saturated carbocycles. The maximum atomic E-state index is 13.0. The topological polar surface area (TPSA) is 64.7 Å². The second kappa shape index (κ2) is 4.17. The highest BCUT2D eigenvalue weighted by Gasteiger charge is 2.27. The molecule has 6 heteroatoms. The number of hydrogen-bond donors (Lipinski definition) is 1. The van der Waals surface area contributed by atoms with E-state index in [0.717, 1.165) is 12.8 Å². The monoisotopic (exact) mass is 264 g/mol. The fourth-order valence-corrected chi connectivity index (χ4v) is 1.98. The molecule has 4 nitrogen and oxygen atoms in total. The maximum Gasteiger partial charge on any atom is 0.223 e. The Bertz CT molecular complexity index is 613. The summed E-state index contributed by atoms with van der Waals surface area (Å²) in [5, 5.41) is 0.266. The van der Waals surface area contributed by atoms with Gasteiger partial charge in [0, 0.05) is 11.5 Å². The molecular formula is C12H10ClFN4. The van der Waals surface area contributed by atoms with Gasteiger partial charge in [-0.2, -0.15) is 9.97 Å². The number of anilines is 1. The van der Waals surface area contributed by atoms with Gasteiger partial charge in [0.25, 0.3) is 0 Å². The van der Waals surface area contributed by atoms with Crippen molar-refractivity contribution in [3.63, 3.8) is 0 Å². The highest BCUT2D eigenvalue weighted by Crippen LogP contribution is 2.39. The van der Waals surface area contributed by atoms with Crippen molar-refractivity contribution in [1.82, 2.24) is 15.0 Å². The van der Waals surface area contributed by atoms with Gasteiger partial charge in [-0.3, -0.25) is 0 Å². The molecule has 3 rings (SSSR count). The first kappa shape index (κ1) is 11.3. The van der Waals surface area contributed by atoms with Crippen LogP contribution in [-0.2, 0) is 0 Å². The molecule has 0 unspecified atom stereocenters. The van der Waals surface area contributed by atoms with Gasteiger partial charge in [-0.25, -0.2) is 9.37 Å². The van der Waals surface area contributed by atoms with Gasteiger partial charge >= 0.3 is 0 Å². The average molecular weight is 265 g/mol. The average Bonchev–Trinajstić information content (AvgIpc) is 3.11. The van der Waals surface area contributed by atoms with E-state index in [9.17, 15) is 4.39 Å². The number of aromatic nitrogens is 3. The van der Waals surface area contributed by atoms with E-state index in [1.165, 1.54) is 12.1 Å². The van der Waals surface area contributed by atoms with E-state index in [1.807, 2.05) is 0 Å². The predicted octanol–water partition coefficient (Wildman–Crippen LogP) is 2.79. The molecule has 1 aliphatic carbocycles. The summed E-state index contributed by atoms with van der Waals surface area (Å²) in [5.41, 5.74) is 6.23. The first-order valence-electron chi connectivity index (χ1n) is 5.60. The Hall–Kier alpha value is -1.75. The molecular weight excluding hydrogens is 255 g/mol. The summed E-state index contributed by atoms with van der Waals surface area (Å²) in [7, 11) is 0. The van der Waals surface area contributed by atoms with Crippen molar-refractivity contribution in [2.75, 3.05) is 5.73 Å². The van der Waals surface area contributed by atoms with E-state index < -0.39 is 5.82 Å². The quantitative estimate of drug-likeness (QED) is 0.906. The third kappa shape index (κ3) is 2.13. The number of halogens is 2. The molecule has 0 saturated heterocycles. The Kier molecular flexibility index (Phi) is 2.63. The number of hydrogen-bond acceptors (Lipinski definition) is 4. The molecule has 2 N–H and O–H groups in total. The lowest BCUT2D eigenvalue weighted by molar-refractivity contribution is 0.628. The van der Waals surface area contributed by atoms with Crippen LogP contribution >= 0.6 is 11.6 Å². The van der Waals surface area contributed by atoms with E-state index >= 15 is 0 Å². The van der Waals surface area contributed by atoms with Crippen LogP contribution in [0.2, 0.25) is 5.02 Å². The second-order valence-corrected chi connectivity index (χ2v) is 4.68. The molecule has 92 valence electrons. The van der Waals surface area contributed by atoms with Gasteiger partial charge in [0.1, 0.15) is 11.6 Å². The molecule has 0 radical (unpaired) electrons. The third-order valence-electron chi connectivity index (χ3n) is 2.78. The molecule has 1 heterocycles. The molecule has 1 aromatic carbocycles. The summed E-state index contributed by atoms with van der Waals surface area (Å²) in [5.74, 6) is 1.23. The van der Waals surface area contributed by atoms with Crippen LogP contribution in [0, 0.1) is 5.82 Å². The summed E-state index contributed by atoms with van der Waals surface area (Å²) in [6.45, 7) is 0. The summed E-state index contributed by atoms with van der Waals surface area (Å²) in [6.07, 6.45) is 2.14. The van der Waals surface area contributed by atoms with Gasteiger partial charge in [0.2, 0.25) is 5.95 Å². The SMILES string of the molecule is Nc1nc(-c2ccc(F)cc2Cl)nc(C2CC2)n1. The van der Waals surface area contributed by atoms with E-state index in [-0.39, 0.29) is 11.0 Å². The lowest BCUT2D eigenvalue weighted by atomic mass is 10.2. The molecule has 0 amide bonds. The molecule has 2 aromatic rings. The molecule has 0 aliphatic heterocycles. The Morgan fingerprint density at radius 3 is 2.67 bits per heavy atom. The Morgan fingerprint density at radius 2 is 2.00 bits per heavy atom. The highest BCUT2D eigenvalue weighted by atomic mass is 35.5. The number of nitrogens with two attached hydrogens (primary N) is 1. The molecule has 0 atom stereocenters. The van der Waals surface area contributed by atoms with Gasteiger partial charge in [0.15, 0.2) is 5.82 Å². The smallest absolute Gasteiger partial charge is 0.223 e. The maximum absolute atomic E-state index is 13.0. The van der Waals surface area contributed by atoms with E-state index in [1.54, 1.807) is 6.07 Å². The third-order valence-corrected chi connectivity index (χ3v) is 3.10. The van der Waals surface area contributed by atoms with Gasteiger partial charge in [-0.05, 0) is 31.0 Å². The van der Waals surface area contributed by atoms with Gasteiger partial charge in [0.05, 0.1) is 5.02 Å². The Labute approximate surface area is 108 Å². The van der Waals surface area contributed by atoms with E-state index in [2.05, 4.69) is 15.0 Å². The fraction of sp³-hybridized carbons (Fsp3) is 0.250. The molecule has 1 aliphatic rings. The van der Waals surface area contributed by atoms with Crippen LogP contribution in [0.1, 0.15) is 24.6 Å². The van der Waals surface area contributed by atoms with Crippen LogP contribution < -0.4 is 5.73 Å². The van der Waals surface area contributed by atoms with Crippen LogP contribution in [0.15, 0.2) is 18.2 Å². The van der Waals surface area contributed by atoms with E-state index in [4.69, 9.17) is 17.3 Å². The van der Waals surface area contributed by atoms with Crippen molar-refractivity contribution in [2.45, 2.75) is 18.8 Å². The summed E-state index contributed by atoms with van der Waals surface area (Å²) < 4.78 is 13.0. The molecule has 0 bridgehead atoms. The number of nitrogens with zero attached hydrogens (tertiary/aromatic N) is 3. The Morgan fingerprint density at radius 1 is 1.22 bits per heavy atom. The highest BCUT2D eigenvalue weighted by molar-refractivity contribution is 6.33. The van der Waals surface area contributed by atoms with Gasteiger partial charge in [-0.15, -0.1) is 0 Å². The van der Waals surface area contributed by atoms with Crippen molar-refractivity contribution in [1.29, 1.82) is 0 Å². The molecule has 1 fully saturated rings. The van der Waals surface area contributed by atoms with Crippen molar-refractivity contribution >= 4 is 17.5 Å². The van der Waals surface area contributed by atoms with Crippen molar-refractivity contribution in [3.05, 3.63) is 34.9 Å². The number of nitrogen functional groups attached to an aromatic ring is 1. The van der Waals surface area contributed by atoms with Crippen molar-refractivity contribution in [2.24, 2.45) is 0 Å². The van der Waals surface area contributed by atoms with E-state index in [0.29, 0.717) is 23.1 Å². The minimum Gasteiger partial charge on any atom is -0.368 e. The standard InChI is InChI=1S/C12H10ClFN4/c13-9-5-7(14)3-4-8(9)11-16-10(6-1-2-6)17-12(15)18-11/h3-6H,1-2H2,(H2,15,16,17,18). The Balaban J connectivity index is 2.10. The zero-order chi connectivity index (χ0) is 12.7. The van der Waals surface area contributed by atoms with Crippen LogP contribution in [0.5, 0.6) is 0 Å². The lowest BCUT2D eigenvalue weighted by Crippen LogP contribution is -2.04. The van der Waals surface area contributed by atoms with Crippen LogP contribution in [0.3, 0.4) is 0 Å². The first-order chi connectivity index (χ1) is 8.63. The lowest BCUT2D eigenvalue weighted by Gasteiger charge is -2.05. The van der Waals surface area contributed by atoms with Crippen LogP contribution in [-0.4, -0.2) is 15.0 Å². The first-order valence-corrected chi connectivity index (χ1v) is 5.98. The summed E-state index contributed by atoms with van der Waals surface area (Å²) >= 11 is 5.98. The zero-order valence-electron chi connectivity index (χ0n) is 9.40. The minimum absolute atomic E-state index is 0.169. The van der Waals surface area contributed by atoms with Crippen molar-refractivity contribution < 1.29 is 4.39 Å². The number of rotatable bonds is 2. The van der Waals surface area contributed by atoms with Crippen molar-refractivity contribution in [3.8, 4) is 11.4 Å². The molecule has 0 spiro atoms. The molecule has 18 heavy (non-hydrogen) atoms. The normalized spacial score (nSPS) is 14.8. The largest absolute Gasteiger partial charge is 0.368 e. The van der Waals surface area contributed by atoms with Crippen LogP contribution in [0.4, 0.5) is 10.3 Å². The summed E-state index contributed by atoms with van der Waals surface area (Å²) in [6, 6.07) is 4.09. The predicted molar refractivity (Wildman–Crippen MR) is 66.6 cm³/mol. The minimum atomic E-state index is -0.395. The zero-order valence-corrected chi connectivity index (χ0v) is 10.2.